The Kier molecular flexibility index (Phi) is 4.25. The van der Waals surface area contributed by atoms with Gasteiger partial charge in [0.05, 0.1) is 4.90 Å². The van der Waals surface area contributed by atoms with Gasteiger partial charge < -0.3 is 9.88 Å². The number of hydrogen-bond donors (Lipinski definition) is 1. The lowest BCUT2D eigenvalue weighted by atomic mass is 10.0. The third kappa shape index (κ3) is 3.38. The van der Waals surface area contributed by atoms with E-state index in [-0.39, 0.29) is 10.5 Å². The van der Waals surface area contributed by atoms with Gasteiger partial charge in [0.1, 0.15) is 0 Å². The number of benzene rings is 1. The Balaban J connectivity index is 2.14. The molecule has 0 aliphatic heterocycles. The van der Waals surface area contributed by atoms with Gasteiger partial charge in [-0.05, 0) is 55.5 Å². The summed E-state index contributed by atoms with van der Waals surface area (Å²) >= 11 is 0. The third-order valence-corrected chi connectivity index (χ3v) is 5.61. The van der Waals surface area contributed by atoms with Gasteiger partial charge in [-0.15, -0.1) is 0 Å². The standard InChI is InChI=1S/C18H22N2O3S/c1-12-15(8-9-20(2)18(12)21)16-10-14(24(3,22)23)6-7-17(16)19-11-13-4-5-13/h6-10,13,19H,4-5,11H2,1-3H3. The summed E-state index contributed by atoms with van der Waals surface area (Å²) in [5.74, 6) is 0.692. The first-order chi connectivity index (χ1) is 11.3. The first-order valence-electron chi connectivity index (χ1n) is 8.02. The highest BCUT2D eigenvalue weighted by atomic mass is 32.2. The number of hydrogen-bond acceptors (Lipinski definition) is 4. The fraction of sp³-hybridized carbons (Fsp3) is 0.389. The predicted octanol–water partition coefficient (Wildman–Crippen LogP) is 2.59. The maximum Gasteiger partial charge on any atom is 0.253 e. The average Bonchev–Trinajstić information content (AvgIpc) is 3.34. The second-order valence-electron chi connectivity index (χ2n) is 6.57. The molecule has 0 unspecified atom stereocenters. The van der Waals surface area contributed by atoms with E-state index in [9.17, 15) is 13.2 Å². The van der Waals surface area contributed by atoms with Crippen molar-refractivity contribution in [2.75, 3.05) is 18.1 Å². The number of anilines is 1. The minimum absolute atomic E-state index is 0.0783. The Morgan fingerprint density at radius 2 is 1.92 bits per heavy atom. The molecule has 0 spiro atoms. The van der Waals surface area contributed by atoms with Crippen molar-refractivity contribution in [1.29, 1.82) is 0 Å². The molecule has 0 amide bonds. The van der Waals surface area contributed by atoms with Crippen LogP contribution >= 0.6 is 0 Å². The highest BCUT2D eigenvalue weighted by Gasteiger charge is 2.22. The van der Waals surface area contributed by atoms with Gasteiger partial charge in [0.15, 0.2) is 9.84 Å². The van der Waals surface area contributed by atoms with Crippen LogP contribution in [0.25, 0.3) is 11.1 Å². The van der Waals surface area contributed by atoms with Crippen LogP contribution in [-0.2, 0) is 16.9 Å². The summed E-state index contributed by atoms with van der Waals surface area (Å²) in [5, 5.41) is 3.41. The zero-order valence-corrected chi connectivity index (χ0v) is 15.0. The smallest absolute Gasteiger partial charge is 0.253 e. The molecule has 3 rings (SSSR count). The number of sulfone groups is 1. The molecule has 5 nitrogen and oxygen atoms in total. The lowest BCUT2D eigenvalue weighted by Gasteiger charge is -2.15. The Hall–Kier alpha value is -2.08. The fourth-order valence-electron chi connectivity index (χ4n) is 2.76. The van der Waals surface area contributed by atoms with E-state index in [4.69, 9.17) is 0 Å². The molecule has 0 bridgehead atoms. The zero-order chi connectivity index (χ0) is 17.5. The Labute approximate surface area is 142 Å². The van der Waals surface area contributed by atoms with Gasteiger partial charge in [-0.2, -0.15) is 0 Å². The fourth-order valence-corrected chi connectivity index (χ4v) is 3.40. The summed E-state index contributed by atoms with van der Waals surface area (Å²) < 4.78 is 25.4. The lowest BCUT2D eigenvalue weighted by Crippen LogP contribution is -2.19. The summed E-state index contributed by atoms with van der Waals surface area (Å²) in [4.78, 5) is 12.5. The van der Waals surface area contributed by atoms with Crippen LogP contribution < -0.4 is 10.9 Å². The predicted molar refractivity (Wildman–Crippen MR) is 96.2 cm³/mol. The van der Waals surface area contributed by atoms with Crippen LogP contribution in [0.4, 0.5) is 5.69 Å². The zero-order valence-electron chi connectivity index (χ0n) is 14.2. The van der Waals surface area contributed by atoms with E-state index in [2.05, 4.69) is 5.32 Å². The Morgan fingerprint density at radius 1 is 1.21 bits per heavy atom. The number of aromatic nitrogens is 1. The van der Waals surface area contributed by atoms with Crippen LogP contribution in [0.3, 0.4) is 0 Å². The monoisotopic (exact) mass is 346 g/mol. The molecule has 1 aliphatic carbocycles. The Morgan fingerprint density at radius 3 is 2.54 bits per heavy atom. The second-order valence-corrected chi connectivity index (χ2v) is 8.59. The normalized spacial score (nSPS) is 14.6. The van der Waals surface area contributed by atoms with Crippen molar-refractivity contribution < 1.29 is 8.42 Å². The van der Waals surface area contributed by atoms with Gasteiger partial charge in [-0.3, -0.25) is 4.79 Å². The minimum Gasteiger partial charge on any atom is -0.384 e. The van der Waals surface area contributed by atoms with Crippen LogP contribution in [0.2, 0.25) is 0 Å². The van der Waals surface area contributed by atoms with Crippen molar-refractivity contribution in [2.24, 2.45) is 13.0 Å². The molecule has 1 aromatic carbocycles. The van der Waals surface area contributed by atoms with Crippen LogP contribution in [0.15, 0.2) is 40.2 Å². The number of aryl methyl sites for hydroxylation is 1. The Bertz CT molecular complexity index is 941. The van der Waals surface area contributed by atoms with Gasteiger partial charge in [-0.25, -0.2) is 8.42 Å². The van der Waals surface area contributed by atoms with Crippen LogP contribution in [-0.4, -0.2) is 25.8 Å². The summed E-state index contributed by atoms with van der Waals surface area (Å²) in [6.45, 7) is 2.64. The van der Waals surface area contributed by atoms with E-state index < -0.39 is 9.84 Å². The highest BCUT2D eigenvalue weighted by molar-refractivity contribution is 7.90. The molecule has 1 aliphatic rings. The van der Waals surface area contributed by atoms with Crippen molar-refractivity contribution in [1.82, 2.24) is 4.57 Å². The molecule has 0 saturated heterocycles. The quantitative estimate of drug-likeness (QED) is 0.903. The van der Waals surface area contributed by atoms with Crippen molar-refractivity contribution in [2.45, 2.75) is 24.7 Å². The van der Waals surface area contributed by atoms with E-state index in [1.165, 1.54) is 23.7 Å². The molecule has 1 N–H and O–H groups in total. The second kappa shape index (κ2) is 6.09. The summed E-state index contributed by atoms with van der Waals surface area (Å²) in [5.41, 5.74) is 2.92. The molecule has 1 heterocycles. The van der Waals surface area contributed by atoms with Crippen molar-refractivity contribution in [3.05, 3.63) is 46.4 Å². The first-order valence-corrected chi connectivity index (χ1v) is 9.91. The van der Waals surface area contributed by atoms with Crippen LogP contribution in [0.5, 0.6) is 0 Å². The van der Waals surface area contributed by atoms with Gasteiger partial charge in [0, 0.05) is 42.9 Å². The topological polar surface area (TPSA) is 68.2 Å². The van der Waals surface area contributed by atoms with Crippen molar-refractivity contribution >= 4 is 15.5 Å². The van der Waals surface area contributed by atoms with Crippen molar-refractivity contribution in [3.63, 3.8) is 0 Å². The van der Waals surface area contributed by atoms with Gasteiger partial charge in [0.2, 0.25) is 0 Å². The lowest BCUT2D eigenvalue weighted by molar-refractivity contribution is 0.602. The largest absolute Gasteiger partial charge is 0.384 e. The summed E-state index contributed by atoms with van der Waals surface area (Å²) in [7, 11) is -1.60. The maximum atomic E-state index is 12.3. The van der Waals surface area contributed by atoms with E-state index >= 15 is 0 Å². The molecule has 0 atom stereocenters. The molecule has 6 heteroatoms. The molecule has 128 valence electrons. The molecule has 1 fully saturated rings. The van der Waals surface area contributed by atoms with E-state index in [1.54, 1.807) is 38.4 Å². The van der Waals surface area contributed by atoms with Crippen molar-refractivity contribution in [3.8, 4) is 11.1 Å². The molecule has 2 aromatic rings. The van der Waals surface area contributed by atoms with E-state index in [1.807, 2.05) is 6.07 Å². The van der Waals surface area contributed by atoms with Gasteiger partial charge in [-0.1, -0.05) is 0 Å². The highest BCUT2D eigenvalue weighted by Crippen LogP contribution is 2.34. The molecular weight excluding hydrogens is 324 g/mol. The van der Waals surface area contributed by atoms with E-state index in [0.717, 1.165) is 23.4 Å². The summed E-state index contributed by atoms with van der Waals surface area (Å²) in [6.07, 6.45) is 5.37. The number of nitrogens with one attached hydrogen (secondary N) is 1. The average molecular weight is 346 g/mol. The minimum atomic E-state index is -3.31. The maximum absolute atomic E-state index is 12.3. The SMILES string of the molecule is Cc1c(-c2cc(S(C)(=O)=O)ccc2NCC2CC2)ccn(C)c1=O. The molecular formula is C18H22N2O3S. The number of nitrogens with zero attached hydrogens (tertiary/aromatic N) is 1. The first kappa shape index (κ1) is 16.8. The number of rotatable bonds is 5. The molecule has 0 radical (unpaired) electrons. The molecule has 1 aromatic heterocycles. The molecule has 1 saturated carbocycles. The van der Waals surface area contributed by atoms with Crippen LogP contribution in [0, 0.1) is 12.8 Å². The number of pyridine rings is 1. The van der Waals surface area contributed by atoms with E-state index in [0.29, 0.717) is 11.5 Å². The summed E-state index contributed by atoms with van der Waals surface area (Å²) in [6, 6.07) is 6.93. The molecule has 24 heavy (non-hydrogen) atoms. The van der Waals surface area contributed by atoms with Gasteiger partial charge >= 0.3 is 0 Å². The van der Waals surface area contributed by atoms with Crippen LogP contribution in [0.1, 0.15) is 18.4 Å². The van der Waals surface area contributed by atoms with Gasteiger partial charge in [0.25, 0.3) is 5.56 Å². The third-order valence-electron chi connectivity index (χ3n) is 4.50.